The summed E-state index contributed by atoms with van der Waals surface area (Å²) in [6, 6.07) is 8.87. The zero-order valence-corrected chi connectivity index (χ0v) is 17.4. The van der Waals surface area contributed by atoms with Crippen LogP contribution in [0.2, 0.25) is 5.02 Å². The lowest BCUT2D eigenvalue weighted by atomic mass is 9.78. The molecule has 0 saturated carbocycles. The summed E-state index contributed by atoms with van der Waals surface area (Å²) < 4.78 is 4.80. The Morgan fingerprint density at radius 2 is 2.03 bits per heavy atom. The fourth-order valence-electron chi connectivity index (χ4n) is 3.57. The molecule has 2 atom stereocenters. The van der Waals surface area contributed by atoms with E-state index in [4.69, 9.17) is 16.3 Å². The third-order valence-corrected chi connectivity index (χ3v) is 6.37. The monoisotopic (exact) mass is 433 g/mol. The predicted molar refractivity (Wildman–Crippen MR) is 109 cm³/mol. The molecular weight excluding hydrogens is 414 g/mol. The number of nitriles is 1. The smallest absolute Gasteiger partial charge is 0.319 e. The molecule has 0 bridgehead atoms. The lowest BCUT2D eigenvalue weighted by Gasteiger charge is -2.31. The van der Waals surface area contributed by atoms with Crippen molar-refractivity contribution in [2.45, 2.75) is 18.8 Å². The summed E-state index contributed by atoms with van der Waals surface area (Å²) >= 11 is 7.41. The van der Waals surface area contributed by atoms with Crippen LogP contribution in [-0.4, -0.2) is 48.6 Å². The Labute approximate surface area is 178 Å². The van der Waals surface area contributed by atoms with Crippen LogP contribution in [0.3, 0.4) is 0 Å². The zero-order valence-electron chi connectivity index (χ0n) is 15.8. The largest absolute Gasteiger partial charge is 0.468 e. The molecule has 3 rings (SSSR count). The highest BCUT2D eigenvalue weighted by Crippen LogP contribution is 2.42. The van der Waals surface area contributed by atoms with Crippen molar-refractivity contribution in [3.63, 3.8) is 0 Å². The Morgan fingerprint density at radius 3 is 2.66 bits per heavy atom. The molecule has 1 aromatic carbocycles. The molecule has 1 N–H and O–H groups in total. The Kier molecular flexibility index (Phi) is 6.83. The molecule has 7 nitrogen and oxygen atoms in total. The number of ether oxygens (including phenoxy) is 1. The number of hydrogen-bond acceptors (Lipinski definition) is 6. The summed E-state index contributed by atoms with van der Waals surface area (Å²) in [5, 5.41) is 13.1. The van der Waals surface area contributed by atoms with Gasteiger partial charge in [0.15, 0.2) is 0 Å². The van der Waals surface area contributed by atoms with E-state index >= 15 is 0 Å². The van der Waals surface area contributed by atoms with Crippen LogP contribution < -0.4 is 5.32 Å². The van der Waals surface area contributed by atoms with Crippen molar-refractivity contribution >= 4 is 41.1 Å². The number of hydrogen-bond donors (Lipinski definition) is 1. The number of nitrogens with one attached hydrogen (secondary N) is 1. The van der Waals surface area contributed by atoms with Crippen LogP contribution in [0.5, 0.6) is 0 Å². The summed E-state index contributed by atoms with van der Waals surface area (Å²) in [5.74, 6) is -3.42. The second-order valence-electron chi connectivity index (χ2n) is 6.72. The molecule has 1 saturated heterocycles. The van der Waals surface area contributed by atoms with E-state index in [1.807, 2.05) is 0 Å². The van der Waals surface area contributed by atoms with Crippen molar-refractivity contribution in [1.82, 2.24) is 10.2 Å². The Balaban J connectivity index is 1.97. The van der Waals surface area contributed by atoms with Gasteiger partial charge in [-0.1, -0.05) is 41.6 Å². The van der Waals surface area contributed by atoms with E-state index in [9.17, 15) is 19.6 Å². The number of carbonyl (C=O) groups excluding carboxylic acids is 3. The first-order chi connectivity index (χ1) is 14.0. The van der Waals surface area contributed by atoms with Crippen molar-refractivity contribution in [1.29, 1.82) is 5.26 Å². The van der Waals surface area contributed by atoms with Crippen molar-refractivity contribution < 1.29 is 19.1 Å². The molecule has 2 aliphatic rings. The summed E-state index contributed by atoms with van der Waals surface area (Å²) in [6.45, 7) is 1.45. The number of carbonyl (C=O) groups is 3. The average molecular weight is 434 g/mol. The van der Waals surface area contributed by atoms with E-state index in [1.165, 1.54) is 7.11 Å². The molecule has 2 heterocycles. The molecule has 152 valence electrons. The van der Waals surface area contributed by atoms with Gasteiger partial charge in [-0.15, -0.1) is 0 Å². The van der Waals surface area contributed by atoms with E-state index in [0.29, 0.717) is 10.6 Å². The maximum absolute atomic E-state index is 12.8. The number of thioether (sulfide) groups is 1. The lowest BCUT2D eigenvalue weighted by molar-refractivity contribution is -0.150. The number of benzene rings is 1. The maximum Gasteiger partial charge on any atom is 0.319 e. The minimum Gasteiger partial charge on any atom is -0.468 e. The summed E-state index contributed by atoms with van der Waals surface area (Å²) in [6.07, 6.45) is 1.96. The molecule has 2 amide bonds. The fourth-order valence-corrected chi connectivity index (χ4v) is 4.78. The molecule has 0 unspecified atom stereocenters. The van der Waals surface area contributed by atoms with Gasteiger partial charge in [0.25, 0.3) is 0 Å². The van der Waals surface area contributed by atoms with Gasteiger partial charge in [-0.2, -0.15) is 5.26 Å². The van der Waals surface area contributed by atoms with Crippen LogP contribution in [-0.2, 0) is 19.1 Å². The normalized spacial score (nSPS) is 21.6. The number of rotatable bonds is 5. The first-order valence-corrected chi connectivity index (χ1v) is 10.5. The van der Waals surface area contributed by atoms with E-state index in [1.54, 1.807) is 29.2 Å². The van der Waals surface area contributed by atoms with Crippen molar-refractivity contribution in [2.75, 3.05) is 26.0 Å². The van der Waals surface area contributed by atoms with Gasteiger partial charge in [-0.05, 0) is 24.5 Å². The van der Waals surface area contributed by atoms with E-state index in [0.717, 1.165) is 37.7 Å². The minimum absolute atomic E-state index is 0.0454. The molecule has 0 radical (unpaired) electrons. The highest BCUT2D eigenvalue weighted by molar-refractivity contribution is 8.03. The third-order valence-electron chi connectivity index (χ3n) is 5.02. The predicted octanol–water partition coefficient (Wildman–Crippen LogP) is 2.43. The zero-order chi connectivity index (χ0) is 21.0. The third kappa shape index (κ3) is 4.41. The second-order valence-corrected chi connectivity index (χ2v) is 8.11. The minimum atomic E-state index is -1.24. The van der Waals surface area contributed by atoms with E-state index < -0.39 is 23.7 Å². The Bertz CT molecular complexity index is 905. The highest BCUT2D eigenvalue weighted by atomic mass is 35.5. The molecule has 0 aromatic heterocycles. The van der Waals surface area contributed by atoms with Gasteiger partial charge in [0.2, 0.25) is 11.8 Å². The van der Waals surface area contributed by atoms with Gasteiger partial charge in [-0.3, -0.25) is 14.4 Å². The number of esters is 1. The standard InChI is InChI=1S/C20H20ClN3O4S/c1-28-20(27)17-16(12-6-2-3-7-14(12)21)13(10-22)19(23-18(17)26)29-11-15(25)24-8-4-5-9-24/h2-3,6-7,16-17H,4-5,8-9,11H2,1H3,(H,23,26)/t16-,17-/m1/s1. The Morgan fingerprint density at radius 1 is 1.34 bits per heavy atom. The SMILES string of the molecule is COC(=O)[C@H]1C(=O)NC(SCC(=O)N2CCCC2)=C(C#N)[C@H]1c1ccccc1Cl. The molecule has 1 fully saturated rings. The van der Waals surface area contributed by atoms with Crippen LogP contribution in [0.25, 0.3) is 0 Å². The van der Waals surface area contributed by atoms with Gasteiger partial charge in [0.1, 0.15) is 5.92 Å². The second kappa shape index (κ2) is 9.33. The van der Waals surface area contributed by atoms with Gasteiger partial charge >= 0.3 is 5.97 Å². The van der Waals surface area contributed by atoms with Gasteiger partial charge < -0.3 is 15.0 Å². The van der Waals surface area contributed by atoms with Gasteiger partial charge in [-0.25, -0.2) is 0 Å². The number of halogens is 1. The number of methoxy groups -OCH3 is 1. The van der Waals surface area contributed by atoms with E-state index in [-0.39, 0.29) is 22.3 Å². The number of amides is 2. The summed E-state index contributed by atoms with van der Waals surface area (Å²) in [4.78, 5) is 39.3. The number of allylic oxidation sites excluding steroid dienone is 1. The number of nitrogens with zero attached hydrogens (tertiary/aromatic N) is 2. The van der Waals surface area contributed by atoms with E-state index in [2.05, 4.69) is 11.4 Å². The highest BCUT2D eigenvalue weighted by Gasteiger charge is 2.45. The van der Waals surface area contributed by atoms with Gasteiger partial charge in [0.05, 0.1) is 29.5 Å². The first kappa shape index (κ1) is 21.2. The van der Waals surface area contributed by atoms with Crippen molar-refractivity contribution in [3.05, 3.63) is 45.5 Å². The first-order valence-electron chi connectivity index (χ1n) is 9.16. The molecule has 2 aliphatic heterocycles. The lowest BCUT2D eigenvalue weighted by Crippen LogP contribution is -2.44. The van der Waals surface area contributed by atoms with Crippen LogP contribution >= 0.6 is 23.4 Å². The van der Waals surface area contributed by atoms with Crippen LogP contribution in [0.15, 0.2) is 34.9 Å². The summed E-state index contributed by atoms with van der Waals surface area (Å²) in [7, 11) is 1.19. The molecule has 0 aliphatic carbocycles. The molecule has 0 spiro atoms. The average Bonchev–Trinajstić information content (AvgIpc) is 3.26. The molecule has 29 heavy (non-hydrogen) atoms. The topological polar surface area (TPSA) is 99.5 Å². The molecular formula is C20H20ClN3O4S. The van der Waals surface area contributed by atoms with Crippen molar-refractivity contribution in [3.8, 4) is 6.07 Å². The van der Waals surface area contributed by atoms with Crippen LogP contribution in [0.1, 0.15) is 24.3 Å². The van der Waals surface area contributed by atoms with Crippen LogP contribution in [0, 0.1) is 17.2 Å². The van der Waals surface area contributed by atoms with Crippen LogP contribution in [0.4, 0.5) is 0 Å². The maximum atomic E-state index is 12.8. The van der Waals surface area contributed by atoms with Crippen molar-refractivity contribution in [2.24, 2.45) is 5.92 Å². The Hall–Kier alpha value is -2.50. The van der Waals surface area contributed by atoms with Gasteiger partial charge in [0, 0.05) is 24.0 Å². The summed E-state index contributed by atoms with van der Waals surface area (Å²) in [5.41, 5.74) is 0.673. The number of likely N-dealkylation sites (tertiary alicyclic amines) is 1. The molecule has 9 heteroatoms. The fraction of sp³-hybridized carbons (Fsp3) is 0.400. The quantitative estimate of drug-likeness (QED) is 0.565. The molecule has 1 aromatic rings.